The molecule has 1 aromatic heterocycles. The number of benzene rings is 1. The maximum atomic E-state index is 12.4. The lowest BCUT2D eigenvalue weighted by molar-refractivity contribution is -0.122. The smallest absolute Gasteiger partial charge is 0.231 e. The van der Waals surface area contributed by atoms with Gasteiger partial charge in [0.05, 0.1) is 5.92 Å². The molecule has 6 heteroatoms. The first kappa shape index (κ1) is 16.0. The van der Waals surface area contributed by atoms with Gasteiger partial charge in [0.1, 0.15) is 0 Å². The second-order valence-electron chi connectivity index (χ2n) is 5.79. The van der Waals surface area contributed by atoms with Crippen LogP contribution in [0.5, 0.6) is 5.75 Å². The Kier molecular flexibility index (Phi) is 4.46. The zero-order valence-electron chi connectivity index (χ0n) is 13.4. The van der Waals surface area contributed by atoms with Crippen molar-refractivity contribution < 1.29 is 14.7 Å². The molecule has 1 aliphatic heterocycles. The number of anilines is 2. The summed E-state index contributed by atoms with van der Waals surface area (Å²) in [6.45, 7) is 2.38. The Morgan fingerprint density at radius 3 is 2.96 bits per heavy atom. The summed E-state index contributed by atoms with van der Waals surface area (Å²) < 4.78 is 0. The van der Waals surface area contributed by atoms with Crippen LogP contribution in [-0.4, -0.2) is 28.4 Å². The van der Waals surface area contributed by atoms with Crippen LogP contribution in [0.2, 0.25) is 0 Å². The monoisotopic (exact) mass is 325 g/mol. The normalized spacial score (nSPS) is 17.1. The van der Waals surface area contributed by atoms with E-state index in [-0.39, 0.29) is 29.8 Å². The Morgan fingerprint density at radius 1 is 1.38 bits per heavy atom. The van der Waals surface area contributed by atoms with E-state index in [1.807, 2.05) is 24.3 Å². The Morgan fingerprint density at radius 2 is 2.21 bits per heavy atom. The van der Waals surface area contributed by atoms with Crippen molar-refractivity contribution in [1.82, 2.24) is 4.98 Å². The molecule has 1 aliphatic rings. The maximum Gasteiger partial charge on any atom is 0.231 e. The van der Waals surface area contributed by atoms with Crippen LogP contribution >= 0.6 is 0 Å². The van der Waals surface area contributed by atoms with E-state index < -0.39 is 5.92 Å². The van der Waals surface area contributed by atoms with Gasteiger partial charge in [-0.15, -0.1) is 0 Å². The predicted molar refractivity (Wildman–Crippen MR) is 90.8 cm³/mol. The Labute approximate surface area is 140 Å². The number of aryl methyl sites for hydroxylation is 1. The summed E-state index contributed by atoms with van der Waals surface area (Å²) in [6, 6.07) is 10.8. The molecule has 1 aromatic carbocycles. The molecule has 3 rings (SSSR count). The van der Waals surface area contributed by atoms with Gasteiger partial charge in [-0.2, -0.15) is 0 Å². The predicted octanol–water partition coefficient (Wildman–Crippen LogP) is 2.34. The van der Waals surface area contributed by atoms with E-state index in [1.165, 1.54) is 12.3 Å². The van der Waals surface area contributed by atoms with Crippen molar-refractivity contribution in [1.29, 1.82) is 0 Å². The summed E-state index contributed by atoms with van der Waals surface area (Å²) in [5.41, 5.74) is 1.96. The lowest BCUT2D eigenvalue weighted by atomic mass is 10.1. The summed E-state index contributed by atoms with van der Waals surface area (Å²) in [5.74, 6) is -0.839. The quantitative estimate of drug-likeness (QED) is 0.904. The SMILES string of the molecule is CCc1cccc(N2CC(C(=O)Nc3ncccc3O)CC2=O)c1. The number of pyridine rings is 1. The van der Waals surface area contributed by atoms with E-state index in [1.54, 1.807) is 11.0 Å². The highest BCUT2D eigenvalue weighted by molar-refractivity contribution is 6.03. The minimum absolute atomic E-state index is 0.0753. The summed E-state index contributed by atoms with van der Waals surface area (Å²) in [7, 11) is 0. The van der Waals surface area contributed by atoms with Crippen LogP contribution in [0.3, 0.4) is 0 Å². The Hall–Kier alpha value is -2.89. The molecule has 1 saturated heterocycles. The fourth-order valence-electron chi connectivity index (χ4n) is 2.79. The van der Waals surface area contributed by atoms with E-state index >= 15 is 0 Å². The molecule has 2 amide bonds. The number of nitrogens with one attached hydrogen (secondary N) is 1. The molecular formula is C18H19N3O3. The van der Waals surface area contributed by atoms with Crippen molar-refractivity contribution in [2.45, 2.75) is 19.8 Å². The van der Waals surface area contributed by atoms with Crippen LogP contribution in [0.4, 0.5) is 11.5 Å². The number of carbonyl (C=O) groups is 2. The van der Waals surface area contributed by atoms with Gasteiger partial charge in [-0.1, -0.05) is 19.1 Å². The largest absolute Gasteiger partial charge is 0.504 e. The lowest BCUT2D eigenvalue weighted by Gasteiger charge is -2.17. The molecule has 0 radical (unpaired) electrons. The summed E-state index contributed by atoms with van der Waals surface area (Å²) in [6.07, 6.45) is 2.52. The molecule has 0 spiro atoms. The highest BCUT2D eigenvalue weighted by atomic mass is 16.3. The topological polar surface area (TPSA) is 82.5 Å². The first-order valence-electron chi connectivity index (χ1n) is 7.92. The van der Waals surface area contributed by atoms with Gasteiger partial charge >= 0.3 is 0 Å². The molecule has 1 fully saturated rings. The van der Waals surface area contributed by atoms with Crippen molar-refractivity contribution in [3.8, 4) is 5.75 Å². The number of aromatic nitrogens is 1. The van der Waals surface area contributed by atoms with E-state index in [4.69, 9.17) is 0 Å². The van der Waals surface area contributed by atoms with Crippen LogP contribution in [0.15, 0.2) is 42.6 Å². The Balaban J connectivity index is 1.72. The Bertz CT molecular complexity index is 776. The third-order valence-electron chi connectivity index (χ3n) is 4.15. The minimum Gasteiger partial charge on any atom is -0.504 e. The van der Waals surface area contributed by atoms with Crippen molar-refractivity contribution in [2.75, 3.05) is 16.8 Å². The molecule has 1 atom stereocenters. The van der Waals surface area contributed by atoms with Gasteiger partial charge in [-0.3, -0.25) is 9.59 Å². The second-order valence-corrected chi connectivity index (χ2v) is 5.79. The molecule has 0 aliphatic carbocycles. The van der Waals surface area contributed by atoms with Crippen LogP contribution in [0.1, 0.15) is 18.9 Å². The van der Waals surface area contributed by atoms with Crippen molar-refractivity contribution in [3.05, 3.63) is 48.2 Å². The number of hydrogen-bond donors (Lipinski definition) is 2. The molecule has 6 nitrogen and oxygen atoms in total. The van der Waals surface area contributed by atoms with Crippen LogP contribution < -0.4 is 10.2 Å². The minimum atomic E-state index is -0.468. The average Bonchev–Trinajstić information content (AvgIpc) is 2.99. The summed E-state index contributed by atoms with van der Waals surface area (Å²) in [4.78, 5) is 30.2. The fraction of sp³-hybridized carbons (Fsp3) is 0.278. The number of rotatable bonds is 4. The average molecular weight is 325 g/mol. The van der Waals surface area contributed by atoms with Gasteiger partial charge in [0.2, 0.25) is 11.8 Å². The number of nitrogens with zero attached hydrogens (tertiary/aromatic N) is 2. The van der Waals surface area contributed by atoms with E-state index in [2.05, 4.69) is 17.2 Å². The number of carbonyl (C=O) groups excluding carboxylic acids is 2. The highest BCUT2D eigenvalue weighted by Crippen LogP contribution is 2.27. The molecule has 2 aromatic rings. The fourth-order valence-corrected chi connectivity index (χ4v) is 2.79. The molecule has 0 saturated carbocycles. The van der Waals surface area contributed by atoms with E-state index in [0.29, 0.717) is 6.54 Å². The van der Waals surface area contributed by atoms with Gasteiger partial charge in [-0.25, -0.2) is 4.98 Å². The van der Waals surface area contributed by atoms with E-state index in [0.717, 1.165) is 17.7 Å². The first-order valence-corrected chi connectivity index (χ1v) is 7.92. The van der Waals surface area contributed by atoms with Gasteiger partial charge in [0.25, 0.3) is 0 Å². The molecular weight excluding hydrogens is 306 g/mol. The van der Waals surface area contributed by atoms with E-state index in [9.17, 15) is 14.7 Å². The zero-order chi connectivity index (χ0) is 17.1. The number of aromatic hydroxyl groups is 1. The molecule has 1 unspecified atom stereocenters. The molecule has 2 heterocycles. The van der Waals surface area contributed by atoms with Crippen molar-refractivity contribution in [2.24, 2.45) is 5.92 Å². The van der Waals surface area contributed by atoms with Crippen LogP contribution in [0, 0.1) is 5.92 Å². The van der Waals surface area contributed by atoms with Crippen LogP contribution in [0.25, 0.3) is 0 Å². The number of amides is 2. The van der Waals surface area contributed by atoms with Gasteiger partial charge < -0.3 is 15.3 Å². The summed E-state index contributed by atoms with van der Waals surface area (Å²) in [5, 5.41) is 12.3. The maximum absolute atomic E-state index is 12.4. The summed E-state index contributed by atoms with van der Waals surface area (Å²) >= 11 is 0. The van der Waals surface area contributed by atoms with Gasteiger partial charge in [-0.05, 0) is 36.2 Å². The molecule has 124 valence electrons. The third-order valence-corrected chi connectivity index (χ3v) is 4.15. The van der Waals surface area contributed by atoms with Gasteiger partial charge in [0, 0.05) is 24.8 Å². The molecule has 24 heavy (non-hydrogen) atoms. The molecule has 2 N–H and O–H groups in total. The second kappa shape index (κ2) is 6.70. The van der Waals surface area contributed by atoms with Crippen molar-refractivity contribution in [3.63, 3.8) is 0 Å². The first-order chi connectivity index (χ1) is 11.6. The van der Waals surface area contributed by atoms with Gasteiger partial charge in [0.15, 0.2) is 11.6 Å². The lowest BCUT2D eigenvalue weighted by Crippen LogP contribution is -2.28. The zero-order valence-corrected chi connectivity index (χ0v) is 13.4. The highest BCUT2D eigenvalue weighted by Gasteiger charge is 2.35. The van der Waals surface area contributed by atoms with Crippen molar-refractivity contribution >= 4 is 23.3 Å². The standard InChI is InChI=1S/C18H19N3O3/c1-2-12-5-3-6-14(9-12)21-11-13(10-16(21)23)18(24)20-17-15(22)7-4-8-19-17/h3-9,13,22H,2,10-11H2,1H3,(H,19,20,24). The number of hydrogen-bond acceptors (Lipinski definition) is 4. The molecule has 0 bridgehead atoms. The third kappa shape index (κ3) is 3.22. The van der Waals surface area contributed by atoms with Crippen LogP contribution in [-0.2, 0) is 16.0 Å².